The van der Waals surface area contributed by atoms with Crippen LogP contribution >= 0.6 is 0 Å². The van der Waals surface area contributed by atoms with Gasteiger partial charge in [0, 0.05) is 19.2 Å². The molecule has 0 aromatic heterocycles. The number of aryl methyl sites for hydroxylation is 1. The van der Waals surface area contributed by atoms with E-state index in [1.165, 1.54) is 6.92 Å². The Morgan fingerprint density at radius 3 is 2.00 bits per heavy atom. The Bertz CT molecular complexity index is 814. The summed E-state index contributed by atoms with van der Waals surface area (Å²) in [5.41, 5.74) is 5.29. The maximum atomic E-state index is 12.8. The molecule has 2 rings (SSSR count). The van der Waals surface area contributed by atoms with E-state index in [1.807, 2.05) is 37.3 Å². The molecule has 0 atom stereocenters. The molecule has 0 unspecified atom stereocenters. The van der Waals surface area contributed by atoms with Crippen molar-refractivity contribution in [3.8, 4) is 0 Å². The number of nitrogens with zero attached hydrogens (tertiary/aromatic N) is 1. The van der Waals surface area contributed by atoms with Crippen LogP contribution < -0.4 is 5.32 Å². The van der Waals surface area contributed by atoms with Crippen molar-refractivity contribution in [1.29, 1.82) is 0 Å². The van der Waals surface area contributed by atoms with Gasteiger partial charge in [0.05, 0.1) is 0 Å². The van der Waals surface area contributed by atoms with Crippen molar-refractivity contribution < 1.29 is 9.59 Å². The number of rotatable bonds is 7. The average molecular weight is 381 g/mol. The van der Waals surface area contributed by atoms with Crippen LogP contribution in [0.25, 0.3) is 0 Å². The van der Waals surface area contributed by atoms with Crippen molar-refractivity contribution in [3.05, 3.63) is 64.7 Å². The minimum Gasteiger partial charge on any atom is -0.329 e. The van der Waals surface area contributed by atoms with Gasteiger partial charge in [-0.25, -0.2) is 0 Å². The molecule has 0 heterocycles. The van der Waals surface area contributed by atoms with E-state index in [1.54, 1.807) is 4.90 Å². The third-order valence-corrected chi connectivity index (χ3v) is 5.04. The molecule has 0 saturated carbocycles. The highest BCUT2D eigenvalue weighted by atomic mass is 16.2. The van der Waals surface area contributed by atoms with Gasteiger partial charge in [0.25, 0.3) is 0 Å². The van der Waals surface area contributed by atoms with Gasteiger partial charge in [-0.3, -0.25) is 9.59 Å². The van der Waals surface area contributed by atoms with E-state index in [4.69, 9.17) is 0 Å². The molecule has 0 radical (unpaired) electrons. The lowest BCUT2D eigenvalue weighted by Gasteiger charge is -2.24. The lowest BCUT2D eigenvalue weighted by molar-refractivity contribution is -0.133. The standard InChI is InChI=1S/C24H32N2O2/c1-16(2)21-12-9-13-22(17(3)4)24(21)25-23(28)15-26(19(6)27)14-20-11-8-7-10-18(20)5/h7-13,16-17H,14-15H2,1-6H3,(H,25,28). The molecule has 0 aliphatic carbocycles. The Labute approximate surface area is 169 Å². The summed E-state index contributed by atoms with van der Waals surface area (Å²) in [7, 11) is 0. The second kappa shape index (κ2) is 9.54. The fourth-order valence-electron chi connectivity index (χ4n) is 3.32. The van der Waals surface area contributed by atoms with Gasteiger partial charge < -0.3 is 10.2 Å². The Morgan fingerprint density at radius 2 is 1.50 bits per heavy atom. The second-order valence-corrected chi connectivity index (χ2v) is 7.97. The molecule has 0 saturated heterocycles. The van der Waals surface area contributed by atoms with E-state index < -0.39 is 0 Å². The van der Waals surface area contributed by atoms with E-state index in [0.29, 0.717) is 18.4 Å². The predicted molar refractivity (Wildman–Crippen MR) is 116 cm³/mol. The molecular weight excluding hydrogens is 348 g/mol. The van der Waals surface area contributed by atoms with Gasteiger partial charge in [0.2, 0.25) is 11.8 Å². The quantitative estimate of drug-likeness (QED) is 0.715. The minimum atomic E-state index is -0.168. The number of para-hydroxylation sites is 1. The van der Waals surface area contributed by atoms with E-state index in [0.717, 1.165) is 27.9 Å². The van der Waals surface area contributed by atoms with Crippen LogP contribution in [-0.2, 0) is 16.1 Å². The molecule has 2 aromatic carbocycles. The first-order valence-corrected chi connectivity index (χ1v) is 9.93. The molecule has 0 bridgehead atoms. The van der Waals surface area contributed by atoms with Crippen LogP contribution in [0.1, 0.15) is 68.7 Å². The predicted octanol–water partition coefficient (Wildman–Crippen LogP) is 5.23. The first-order valence-electron chi connectivity index (χ1n) is 9.93. The van der Waals surface area contributed by atoms with Crippen LogP contribution in [0.3, 0.4) is 0 Å². The molecule has 0 aliphatic heterocycles. The SMILES string of the molecule is CC(=O)N(CC(=O)Nc1c(C(C)C)cccc1C(C)C)Cc1ccccc1C. The number of carbonyl (C=O) groups is 2. The fraction of sp³-hybridized carbons (Fsp3) is 0.417. The molecule has 0 fully saturated rings. The van der Waals surface area contributed by atoms with Crippen molar-refractivity contribution in [1.82, 2.24) is 4.90 Å². The number of carbonyl (C=O) groups excluding carboxylic acids is 2. The number of hydrogen-bond donors (Lipinski definition) is 1. The summed E-state index contributed by atoms with van der Waals surface area (Å²) in [4.78, 5) is 26.6. The van der Waals surface area contributed by atoms with Gasteiger partial charge in [0.15, 0.2) is 0 Å². The summed E-state index contributed by atoms with van der Waals surface area (Å²) >= 11 is 0. The lowest BCUT2D eigenvalue weighted by atomic mass is 9.92. The molecule has 2 aromatic rings. The topological polar surface area (TPSA) is 49.4 Å². The Hall–Kier alpha value is -2.62. The molecule has 4 heteroatoms. The van der Waals surface area contributed by atoms with Crippen LogP contribution in [0.4, 0.5) is 5.69 Å². The average Bonchev–Trinajstić information content (AvgIpc) is 2.62. The van der Waals surface area contributed by atoms with E-state index >= 15 is 0 Å². The highest BCUT2D eigenvalue weighted by Crippen LogP contribution is 2.32. The van der Waals surface area contributed by atoms with Crippen LogP contribution in [-0.4, -0.2) is 23.3 Å². The maximum Gasteiger partial charge on any atom is 0.244 e. The zero-order chi connectivity index (χ0) is 20.8. The van der Waals surface area contributed by atoms with Crippen molar-refractivity contribution in [2.75, 3.05) is 11.9 Å². The van der Waals surface area contributed by atoms with Crippen molar-refractivity contribution in [2.24, 2.45) is 0 Å². The first kappa shape index (κ1) is 21.7. The van der Waals surface area contributed by atoms with Crippen LogP contribution in [0, 0.1) is 6.92 Å². The van der Waals surface area contributed by atoms with Crippen molar-refractivity contribution >= 4 is 17.5 Å². The fourth-order valence-corrected chi connectivity index (χ4v) is 3.32. The Balaban J connectivity index is 2.22. The molecule has 4 nitrogen and oxygen atoms in total. The summed E-state index contributed by atoms with van der Waals surface area (Å²) in [6.07, 6.45) is 0. The van der Waals surface area contributed by atoms with Crippen LogP contribution in [0.2, 0.25) is 0 Å². The summed E-state index contributed by atoms with van der Waals surface area (Å²) in [5.74, 6) is 0.313. The minimum absolute atomic E-state index is 0.0353. The third-order valence-electron chi connectivity index (χ3n) is 5.04. The van der Waals surface area contributed by atoms with E-state index in [2.05, 4.69) is 45.1 Å². The van der Waals surface area contributed by atoms with E-state index in [9.17, 15) is 9.59 Å². The molecule has 2 amide bonds. The van der Waals surface area contributed by atoms with E-state index in [-0.39, 0.29) is 18.4 Å². The van der Waals surface area contributed by atoms with Gasteiger partial charge >= 0.3 is 0 Å². The number of anilines is 1. The Morgan fingerprint density at radius 1 is 0.929 bits per heavy atom. The smallest absolute Gasteiger partial charge is 0.244 e. The summed E-state index contributed by atoms with van der Waals surface area (Å²) in [6, 6.07) is 14.1. The number of hydrogen-bond acceptors (Lipinski definition) is 2. The highest BCUT2D eigenvalue weighted by molar-refractivity contribution is 5.95. The monoisotopic (exact) mass is 380 g/mol. The van der Waals surface area contributed by atoms with Gasteiger partial charge in [-0.15, -0.1) is 0 Å². The van der Waals surface area contributed by atoms with Gasteiger partial charge in [-0.2, -0.15) is 0 Å². The highest BCUT2D eigenvalue weighted by Gasteiger charge is 2.19. The first-order chi connectivity index (χ1) is 13.2. The van der Waals surface area contributed by atoms with Crippen molar-refractivity contribution in [3.63, 3.8) is 0 Å². The summed E-state index contributed by atoms with van der Waals surface area (Å²) in [5, 5.41) is 3.09. The number of amides is 2. The molecule has 0 aliphatic rings. The largest absolute Gasteiger partial charge is 0.329 e. The normalized spacial score (nSPS) is 11.0. The van der Waals surface area contributed by atoms with Crippen LogP contribution in [0.15, 0.2) is 42.5 Å². The van der Waals surface area contributed by atoms with Gasteiger partial charge in [0.1, 0.15) is 6.54 Å². The third kappa shape index (κ3) is 5.44. The number of benzene rings is 2. The zero-order valence-electron chi connectivity index (χ0n) is 17.9. The van der Waals surface area contributed by atoms with Gasteiger partial charge in [-0.05, 0) is 41.0 Å². The number of nitrogens with one attached hydrogen (secondary N) is 1. The maximum absolute atomic E-state index is 12.8. The van der Waals surface area contributed by atoms with Crippen molar-refractivity contribution in [2.45, 2.75) is 59.9 Å². The Kier molecular flexibility index (Phi) is 7.38. The molecule has 150 valence electrons. The molecule has 1 N–H and O–H groups in total. The zero-order valence-corrected chi connectivity index (χ0v) is 17.9. The molecule has 0 spiro atoms. The lowest BCUT2D eigenvalue weighted by Crippen LogP contribution is -2.36. The van der Waals surface area contributed by atoms with Gasteiger partial charge in [-0.1, -0.05) is 70.2 Å². The van der Waals surface area contributed by atoms with Crippen LogP contribution in [0.5, 0.6) is 0 Å². The molecule has 28 heavy (non-hydrogen) atoms. The second-order valence-electron chi connectivity index (χ2n) is 7.97. The summed E-state index contributed by atoms with van der Waals surface area (Å²) in [6.45, 7) is 12.5. The summed E-state index contributed by atoms with van der Waals surface area (Å²) < 4.78 is 0. The molecular formula is C24H32N2O2.